The molecule has 0 aromatic heterocycles. The van der Waals surface area contributed by atoms with Crippen LogP contribution in [-0.4, -0.2) is 29.3 Å². The second-order valence-electron chi connectivity index (χ2n) is 6.12. The Labute approximate surface area is 108 Å². The van der Waals surface area contributed by atoms with Crippen LogP contribution in [0.4, 0.5) is 4.79 Å². The molecular weight excluding hydrogens is 234 g/mol. The predicted octanol–water partition coefficient (Wildman–Crippen LogP) is 2.40. The Morgan fingerprint density at radius 3 is 2.33 bits per heavy atom. The van der Waals surface area contributed by atoms with Gasteiger partial charge in [0.25, 0.3) is 0 Å². The fourth-order valence-electron chi connectivity index (χ4n) is 2.28. The number of carbonyl (C=O) groups excluding carboxylic acids is 1. The summed E-state index contributed by atoms with van der Waals surface area (Å²) in [6.07, 6.45) is 1.70. The van der Waals surface area contributed by atoms with Gasteiger partial charge in [0.15, 0.2) is 0 Å². The first kappa shape index (κ1) is 14.8. The molecule has 1 fully saturated rings. The van der Waals surface area contributed by atoms with Crippen molar-refractivity contribution in [2.45, 2.75) is 52.6 Å². The summed E-state index contributed by atoms with van der Waals surface area (Å²) in [6, 6.07) is 0. The molecule has 1 amide bonds. The van der Waals surface area contributed by atoms with Crippen molar-refractivity contribution in [2.75, 3.05) is 6.54 Å². The highest BCUT2D eigenvalue weighted by Gasteiger charge is 2.49. The predicted molar refractivity (Wildman–Crippen MR) is 67.3 cm³/mol. The van der Waals surface area contributed by atoms with Crippen molar-refractivity contribution in [1.82, 2.24) is 5.32 Å². The Balaban J connectivity index is 2.46. The number of hydrogen-bond acceptors (Lipinski definition) is 3. The average molecular weight is 257 g/mol. The zero-order valence-corrected chi connectivity index (χ0v) is 11.6. The monoisotopic (exact) mass is 257 g/mol. The third kappa shape index (κ3) is 3.62. The molecule has 0 spiro atoms. The molecule has 2 N–H and O–H groups in total. The summed E-state index contributed by atoms with van der Waals surface area (Å²) in [5.74, 6) is -0.371. The summed E-state index contributed by atoms with van der Waals surface area (Å²) >= 11 is 0. The van der Waals surface area contributed by atoms with Crippen LogP contribution in [-0.2, 0) is 9.53 Å². The highest BCUT2D eigenvalue weighted by Crippen LogP contribution is 2.47. The van der Waals surface area contributed by atoms with E-state index in [0.29, 0.717) is 18.8 Å². The van der Waals surface area contributed by atoms with E-state index in [1.54, 1.807) is 20.8 Å². The van der Waals surface area contributed by atoms with E-state index < -0.39 is 23.1 Å². The van der Waals surface area contributed by atoms with Gasteiger partial charge in [-0.15, -0.1) is 0 Å². The molecule has 1 saturated carbocycles. The Hall–Kier alpha value is -1.26. The quantitative estimate of drug-likeness (QED) is 0.811. The second kappa shape index (κ2) is 5.16. The maximum Gasteiger partial charge on any atom is 0.407 e. The Bertz CT molecular complexity index is 326. The van der Waals surface area contributed by atoms with Crippen molar-refractivity contribution >= 4 is 12.1 Å². The molecule has 5 heteroatoms. The molecule has 0 aliphatic heterocycles. The third-order valence-corrected chi connectivity index (χ3v) is 3.36. The molecule has 1 aliphatic carbocycles. The maximum absolute atomic E-state index is 11.5. The van der Waals surface area contributed by atoms with Gasteiger partial charge in [0.1, 0.15) is 5.60 Å². The van der Waals surface area contributed by atoms with Gasteiger partial charge in [0, 0.05) is 6.54 Å². The van der Waals surface area contributed by atoms with Crippen molar-refractivity contribution < 1.29 is 19.4 Å². The van der Waals surface area contributed by atoms with Crippen LogP contribution in [0.3, 0.4) is 0 Å². The van der Waals surface area contributed by atoms with E-state index in [1.165, 1.54) is 0 Å². The van der Waals surface area contributed by atoms with E-state index >= 15 is 0 Å². The summed E-state index contributed by atoms with van der Waals surface area (Å²) in [4.78, 5) is 22.8. The minimum atomic E-state index is -0.830. The van der Waals surface area contributed by atoms with Crippen molar-refractivity contribution in [2.24, 2.45) is 11.3 Å². The summed E-state index contributed by atoms with van der Waals surface area (Å²) < 4.78 is 5.09. The van der Waals surface area contributed by atoms with Crippen LogP contribution in [0.5, 0.6) is 0 Å². The molecule has 0 bridgehead atoms. The van der Waals surface area contributed by atoms with Crippen LogP contribution in [0.25, 0.3) is 0 Å². The minimum absolute atomic E-state index is 0.147. The van der Waals surface area contributed by atoms with Gasteiger partial charge in [-0.05, 0) is 39.5 Å². The number of ether oxygens (including phenoxy) is 1. The zero-order valence-electron chi connectivity index (χ0n) is 11.6. The molecule has 0 aromatic carbocycles. The molecule has 18 heavy (non-hydrogen) atoms. The molecule has 0 heterocycles. The summed E-state index contributed by atoms with van der Waals surface area (Å²) in [7, 11) is 0. The number of amides is 1. The molecule has 1 rings (SSSR count). The van der Waals surface area contributed by atoms with Crippen molar-refractivity contribution in [1.29, 1.82) is 0 Å². The van der Waals surface area contributed by atoms with Crippen LogP contribution in [0.1, 0.15) is 47.0 Å². The lowest BCUT2D eigenvalue weighted by atomic mass is 9.61. The van der Waals surface area contributed by atoms with Crippen molar-refractivity contribution in [3.05, 3.63) is 0 Å². The van der Waals surface area contributed by atoms with Gasteiger partial charge in [0.2, 0.25) is 0 Å². The number of hydrogen-bond donors (Lipinski definition) is 2. The molecule has 0 unspecified atom stereocenters. The number of carbonyl (C=O) groups is 2. The lowest BCUT2D eigenvalue weighted by molar-refractivity contribution is -0.157. The fourth-order valence-corrected chi connectivity index (χ4v) is 2.28. The van der Waals surface area contributed by atoms with E-state index in [-0.39, 0.29) is 6.54 Å². The number of carboxylic acids is 1. The van der Waals surface area contributed by atoms with Crippen LogP contribution in [0, 0.1) is 11.3 Å². The number of alkyl carbamates (subject to hydrolysis) is 1. The van der Waals surface area contributed by atoms with Crippen molar-refractivity contribution in [3.63, 3.8) is 0 Å². The van der Waals surface area contributed by atoms with Gasteiger partial charge in [-0.1, -0.05) is 13.3 Å². The minimum Gasteiger partial charge on any atom is -0.481 e. The molecular formula is C13H23NO4. The Morgan fingerprint density at radius 1 is 1.39 bits per heavy atom. The first-order valence-corrected chi connectivity index (χ1v) is 6.39. The third-order valence-electron chi connectivity index (χ3n) is 3.36. The molecule has 104 valence electrons. The van der Waals surface area contributed by atoms with Gasteiger partial charge in [-0.25, -0.2) is 4.79 Å². The SMILES string of the molecule is CCC1CC(CNC(=O)OC(C)(C)C)(C(=O)O)C1. The highest BCUT2D eigenvalue weighted by atomic mass is 16.6. The number of aliphatic carboxylic acids is 1. The molecule has 0 radical (unpaired) electrons. The van der Waals surface area contributed by atoms with E-state index in [1.807, 2.05) is 0 Å². The van der Waals surface area contributed by atoms with E-state index in [2.05, 4.69) is 12.2 Å². The molecule has 0 aromatic rings. The maximum atomic E-state index is 11.5. The standard InChI is InChI=1S/C13H23NO4/c1-5-9-6-13(7-9,10(15)16)8-14-11(17)18-12(2,3)4/h9H,5-8H2,1-4H3,(H,14,17)(H,15,16). The summed E-state index contributed by atoms with van der Waals surface area (Å²) in [5.41, 5.74) is -1.36. The largest absolute Gasteiger partial charge is 0.481 e. The van der Waals surface area contributed by atoms with E-state index in [4.69, 9.17) is 4.74 Å². The number of rotatable bonds is 4. The second-order valence-corrected chi connectivity index (χ2v) is 6.12. The van der Waals surface area contributed by atoms with Crippen LogP contribution in [0.15, 0.2) is 0 Å². The van der Waals surface area contributed by atoms with Gasteiger partial charge in [0.05, 0.1) is 5.41 Å². The Morgan fingerprint density at radius 2 is 1.94 bits per heavy atom. The van der Waals surface area contributed by atoms with Gasteiger partial charge >= 0.3 is 12.1 Å². The lowest BCUT2D eigenvalue weighted by Crippen LogP contribution is -2.52. The molecule has 0 saturated heterocycles. The lowest BCUT2D eigenvalue weighted by Gasteiger charge is -2.44. The van der Waals surface area contributed by atoms with Crippen LogP contribution < -0.4 is 5.32 Å². The number of carboxylic acid groups (broad SMARTS) is 1. The number of nitrogens with one attached hydrogen (secondary N) is 1. The normalized spacial score (nSPS) is 27.2. The zero-order chi connectivity index (χ0) is 14.0. The molecule has 0 atom stereocenters. The van der Waals surface area contributed by atoms with Gasteiger partial charge in [-0.2, -0.15) is 0 Å². The fraction of sp³-hybridized carbons (Fsp3) is 0.846. The topological polar surface area (TPSA) is 75.6 Å². The smallest absolute Gasteiger partial charge is 0.407 e. The summed E-state index contributed by atoms with van der Waals surface area (Å²) in [6.45, 7) is 7.52. The average Bonchev–Trinajstić information content (AvgIpc) is 2.12. The Kier molecular flexibility index (Phi) is 4.24. The first-order chi connectivity index (χ1) is 8.18. The van der Waals surface area contributed by atoms with E-state index in [0.717, 1.165) is 6.42 Å². The molecule has 1 aliphatic rings. The van der Waals surface area contributed by atoms with Crippen LogP contribution in [0.2, 0.25) is 0 Å². The van der Waals surface area contributed by atoms with Gasteiger partial charge < -0.3 is 15.2 Å². The highest BCUT2D eigenvalue weighted by molar-refractivity contribution is 5.77. The van der Waals surface area contributed by atoms with Crippen molar-refractivity contribution in [3.8, 4) is 0 Å². The molecule has 5 nitrogen and oxygen atoms in total. The van der Waals surface area contributed by atoms with Gasteiger partial charge in [-0.3, -0.25) is 4.79 Å². The summed E-state index contributed by atoms with van der Waals surface area (Å²) in [5, 5.41) is 11.8. The van der Waals surface area contributed by atoms with E-state index in [9.17, 15) is 14.7 Å². The first-order valence-electron chi connectivity index (χ1n) is 6.39. The van der Waals surface area contributed by atoms with Crippen LogP contribution >= 0.6 is 0 Å².